The van der Waals surface area contributed by atoms with Crippen LogP contribution in [0.2, 0.25) is 0 Å². The Balaban J connectivity index is 2.06. The van der Waals surface area contributed by atoms with Gasteiger partial charge in [-0.3, -0.25) is 0 Å². The van der Waals surface area contributed by atoms with Crippen LogP contribution in [0.5, 0.6) is 0 Å². The van der Waals surface area contributed by atoms with Gasteiger partial charge in [0.05, 0.1) is 6.04 Å². The van der Waals surface area contributed by atoms with E-state index in [1.54, 1.807) is 28.7 Å². The first-order valence-corrected chi connectivity index (χ1v) is 9.19. The third-order valence-corrected chi connectivity index (χ3v) is 6.72. The zero-order valence-corrected chi connectivity index (χ0v) is 15.0. The lowest BCUT2D eigenvalue weighted by molar-refractivity contribution is 0.630. The molecule has 1 aromatic carbocycles. The third-order valence-electron chi connectivity index (χ3n) is 3.35. The Hall–Kier alpha value is -0.750. The van der Waals surface area contributed by atoms with Gasteiger partial charge in [-0.05, 0) is 59.1 Å². The van der Waals surface area contributed by atoms with Gasteiger partial charge in [-0.25, -0.2) is 4.39 Å². The topological polar surface area (TPSA) is 12.0 Å². The highest BCUT2D eigenvalue weighted by atomic mass is 79.9. The van der Waals surface area contributed by atoms with Crippen molar-refractivity contribution in [3.63, 3.8) is 0 Å². The molecule has 0 amide bonds. The Morgan fingerprint density at radius 2 is 1.95 bits per heavy atom. The van der Waals surface area contributed by atoms with Crippen molar-refractivity contribution in [3.8, 4) is 0 Å². The lowest BCUT2D eigenvalue weighted by atomic mass is 10.1. The van der Waals surface area contributed by atoms with Crippen LogP contribution >= 0.6 is 38.6 Å². The van der Waals surface area contributed by atoms with Crippen LogP contribution in [-0.4, -0.2) is 6.54 Å². The zero-order valence-electron chi connectivity index (χ0n) is 11.7. The minimum Gasteiger partial charge on any atom is -0.305 e. The normalized spacial score (nSPS) is 13.0. The van der Waals surface area contributed by atoms with Gasteiger partial charge in [0.1, 0.15) is 5.82 Å². The number of hydrogen-bond acceptors (Lipinski definition) is 3. The molecular weight excluding hydrogens is 369 g/mol. The van der Waals surface area contributed by atoms with Gasteiger partial charge in [0.25, 0.3) is 0 Å². The van der Waals surface area contributed by atoms with Gasteiger partial charge in [0.15, 0.2) is 0 Å². The number of thiophene rings is 2. The molecular formula is C16H15BrFNS2. The second kappa shape index (κ2) is 6.16. The first-order valence-electron chi connectivity index (χ1n) is 6.76. The molecule has 0 saturated carbocycles. The molecule has 0 aliphatic carbocycles. The lowest BCUT2D eigenvalue weighted by Crippen LogP contribution is -2.20. The van der Waals surface area contributed by atoms with Crippen LogP contribution in [0.15, 0.2) is 34.8 Å². The maximum Gasteiger partial charge on any atom is 0.124 e. The fraction of sp³-hybridized carbons (Fsp3) is 0.250. The predicted octanol–water partition coefficient (Wildman–Crippen LogP) is 5.87. The smallest absolute Gasteiger partial charge is 0.124 e. The average Bonchev–Trinajstić information content (AvgIpc) is 2.99. The number of aryl methyl sites for hydroxylation is 1. The maximum atomic E-state index is 13.4. The Labute approximate surface area is 139 Å². The van der Waals surface area contributed by atoms with Crippen LogP contribution < -0.4 is 5.32 Å². The Morgan fingerprint density at radius 1 is 1.19 bits per heavy atom. The molecule has 2 aromatic heterocycles. The highest BCUT2D eigenvalue weighted by molar-refractivity contribution is 9.10. The molecule has 0 aliphatic heterocycles. The molecule has 0 radical (unpaired) electrons. The van der Waals surface area contributed by atoms with Crippen LogP contribution in [0.25, 0.3) is 10.1 Å². The summed E-state index contributed by atoms with van der Waals surface area (Å²) in [6.07, 6.45) is 0. The minimum absolute atomic E-state index is 0.172. The molecule has 0 spiro atoms. The van der Waals surface area contributed by atoms with Gasteiger partial charge in [-0.2, -0.15) is 0 Å². The summed E-state index contributed by atoms with van der Waals surface area (Å²) in [7, 11) is 0. The minimum atomic E-state index is -0.175. The van der Waals surface area contributed by atoms with Crippen molar-refractivity contribution < 1.29 is 4.39 Å². The number of fused-ring (bicyclic) bond motifs is 1. The van der Waals surface area contributed by atoms with Crippen molar-refractivity contribution >= 4 is 48.7 Å². The van der Waals surface area contributed by atoms with Crippen molar-refractivity contribution in [2.24, 2.45) is 0 Å². The first kappa shape index (κ1) is 15.2. The van der Waals surface area contributed by atoms with Crippen molar-refractivity contribution in [2.45, 2.75) is 19.9 Å². The van der Waals surface area contributed by atoms with Crippen LogP contribution in [0.4, 0.5) is 4.39 Å². The van der Waals surface area contributed by atoms with Crippen molar-refractivity contribution in [3.05, 3.63) is 55.3 Å². The number of rotatable bonds is 4. The van der Waals surface area contributed by atoms with Gasteiger partial charge >= 0.3 is 0 Å². The molecule has 3 rings (SSSR count). The molecule has 1 atom stereocenters. The van der Waals surface area contributed by atoms with E-state index in [0.717, 1.165) is 21.1 Å². The molecule has 2 heterocycles. The SMILES string of the molecule is CCNC(c1cc(Br)c(C)s1)c1cc2ccc(F)cc2s1. The third kappa shape index (κ3) is 3.06. The fourth-order valence-electron chi connectivity index (χ4n) is 2.34. The molecule has 3 aromatic rings. The van der Waals surface area contributed by atoms with E-state index >= 15 is 0 Å². The Bertz CT molecular complexity index is 758. The molecule has 1 N–H and O–H groups in total. The summed E-state index contributed by atoms with van der Waals surface area (Å²) in [6.45, 7) is 5.11. The standard InChI is InChI=1S/C16H15BrFNS2/c1-3-19-16(15-8-12(17)9(2)20-15)14-6-10-4-5-11(18)7-13(10)21-14/h4-8,16,19H,3H2,1-2H3. The van der Waals surface area contributed by atoms with E-state index in [-0.39, 0.29) is 11.9 Å². The average molecular weight is 384 g/mol. The molecule has 0 saturated heterocycles. The fourth-order valence-corrected chi connectivity index (χ4v) is 5.25. The Morgan fingerprint density at radius 3 is 2.62 bits per heavy atom. The van der Waals surface area contributed by atoms with Crippen LogP contribution in [0.3, 0.4) is 0 Å². The number of nitrogens with one attached hydrogen (secondary N) is 1. The van der Waals surface area contributed by atoms with Gasteiger partial charge in [-0.15, -0.1) is 22.7 Å². The molecule has 0 fully saturated rings. The summed E-state index contributed by atoms with van der Waals surface area (Å²) in [5.74, 6) is -0.175. The van der Waals surface area contributed by atoms with E-state index in [9.17, 15) is 4.39 Å². The van der Waals surface area contributed by atoms with Crippen molar-refractivity contribution in [1.29, 1.82) is 0 Å². The van der Waals surface area contributed by atoms with E-state index in [1.807, 2.05) is 6.07 Å². The molecule has 5 heteroatoms. The van der Waals surface area contributed by atoms with Crippen LogP contribution in [0.1, 0.15) is 27.6 Å². The predicted molar refractivity (Wildman–Crippen MR) is 94.1 cm³/mol. The second-order valence-corrected chi connectivity index (χ2v) is 8.13. The first-order chi connectivity index (χ1) is 10.1. The van der Waals surface area contributed by atoms with Crippen molar-refractivity contribution in [1.82, 2.24) is 5.32 Å². The monoisotopic (exact) mass is 383 g/mol. The van der Waals surface area contributed by atoms with Crippen LogP contribution in [-0.2, 0) is 0 Å². The molecule has 0 bridgehead atoms. The second-order valence-electron chi connectivity index (χ2n) is 4.87. The highest BCUT2D eigenvalue weighted by Crippen LogP contribution is 2.38. The largest absolute Gasteiger partial charge is 0.305 e. The van der Waals surface area contributed by atoms with Gasteiger partial charge in [0.2, 0.25) is 0 Å². The number of hydrogen-bond donors (Lipinski definition) is 1. The maximum absolute atomic E-state index is 13.4. The van der Waals surface area contributed by atoms with E-state index < -0.39 is 0 Å². The summed E-state index contributed by atoms with van der Waals surface area (Å²) >= 11 is 7.04. The summed E-state index contributed by atoms with van der Waals surface area (Å²) in [5.41, 5.74) is 0. The zero-order chi connectivity index (χ0) is 15.0. The summed E-state index contributed by atoms with van der Waals surface area (Å²) in [5, 5.41) is 4.64. The summed E-state index contributed by atoms with van der Waals surface area (Å²) in [4.78, 5) is 3.79. The quantitative estimate of drug-likeness (QED) is 0.593. The summed E-state index contributed by atoms with van der Waals surface area (Å²) in [6, 6.07) is 9.50. The van der Waals surface area contributed by atoms with Gasteiger partial charge < -0.3 is 5.32 Å². The molecule has 0 aliphatic rings. The van der Waals surface area contributed by atoms with Gasteiger partial charge in [-0.1, -0.05) is 13.0 Å². The van der Waals surface area contributed by atoms with E-state index in [2.05, 4.69) is 47.2 Å². The van der Waals surface area contributed by atoms with Gasteiger partial charge in [0, 0.05) is 23.8 Å². The van der Waals surface area contributed by atoms with Crippen LogP contribution in [0, 0.1) is 12.7 Å². The highest BCUT2D eigenvalue weighted by Gasteiger charge is 2.19. The molecule has 1 nitrogen and oxygen atoms in total. The van der Waals surface area contributed by atoms with E-state index in [4.69, 9.17) is 0 Å². The molecule has 1 unspecified atom stereocenters. The molecule has 21 heavy (non-hydrogen) atoms. The number of halogens is 2. The summed E-state index contributed by atoms with van der Waals surface area (Å²) < 4.78 is 15.5. The Kier molecular flexibility index (Phi) is 4.45. The lowest BCUT2D eigenvalue weighted by Gasteiger charge is -2.14. The molecule has 110 valence electrons. The number of benzene rings is 1. The van der Waals surface area contributed by atoms with E-state index in [0.29, 0.717) is 0 Å². The van der Waals surface area contributed by atoms with Crippen molar-refractivity contribution in [2.75, 3.05) is 6.54 Å². The van der Waals surface area contributed by atoms with E-state index in [1.165, 1.54) is 20.7 Å².